The van der Waals surface area contributed by atoms with E-state index in [2.05, 4.69) is 26.1 Å². The van der Waals surface area contributed by atoms with Crippen LogP contribution in [0.15, 0.2) is 47.4 Å². The van der Waals surface area contributed by atoms with Crippen molar-refractivity contribution in [2.24, 2.45) is 0 Å². The van der Waals surface area contributed by atoms with Gasteiger partial charge in [0.05, 0.1) is 10.6 Å². The number of halogens is 1. The molecule has 1 N–H and O–H groups in total. The van der Waals surface area contributed by atoms with Gasteiger partial charge in [0.1, 0.15) is 6.54 Å². The molecule has 8 heteroatoms. The van der Waals surface area contributed by atoms with Gasteiger partial charge in [-0.2, -0.15) is 11.8 Å². The topological polar surface area (TPSA) is 66.5 Å². The molecule has 0 aliphatic rings. The lowest BCUT2D eigenvalue weighted by Gasteiger charge is -2.25. The number of sulfonamides is 1. The summed E-state index contributed by atoms with van der Waals surface area (Å²) in [5.41, 5.74) is 2.45. The third-order valence-corrected chi connectivity index (χ3v) is 7.74. The van der Waals surface area contributed by atoms with Gasteiger partial charge in [-0.15, -0.1) is 0 Å². The van der Waals surface area contributed by atoms with Crippen LogP contribution in [0.25, 0.3) is 0 Å². The van der Waals surface area contributed by atoms with Gasteiger partial charge in [-0.3, -0.25) is 9.10 Å². The van der Waals surface area contributed by atoms with Gasteiger partial charge < -0.3 is 5.32 Å². The highest BCUT2D eigenvalue weighted by Crippen LogP contribution is 2.26. The van der Waals surface area contributed by atoms with Crippen molar-refractivity contribution < 1.29 is 13.2 Å². The van der Waals surface area contributed by atoms with Gasteiger partial charge >= 0.3 is 0 Å². The lowest BCUT2D eigenvalue weighted by atomic mass is 10.1. The highest BCUT2D eigenvalue weighted by molar-refractivity contribution is 8.00. The maximum atomic E-state index is 13.3. The van der Waals surface area contributed by atoms with Crippen LogP contribution in [0.3, 0.4) is 0 Å². The Morgan fingerprint density at radius 2 is 1.70 bits per heavy atom. The minimum absolute atomic E-state index is 0.0845. The summed E-state index contributed by atoms with van der Waals surface area (Å²) in [6.45, 7) is 10.4. The molecule has 0 aliphatic carbocycles. The largest absolute Gasteiger partial charge is 0.354 e. The summed E-state index contributed by atoms with van der Waals surface area (Å²) in [6, 6.07) is 11.3. The van der Waals surface area contributed by atoms with E-state index in [1.54, 1.807) is 23.9 Å². The molecule has 1 amide bonds. The molecule has 0 heterocycles. The number of aryl methyl sites for hydroxylation is 2. The number of hydrogen-bond acceptors (Lipinski definition) is 4. The zero-order valence-corrected chi connectivity index (χ0v) is 20.4. The molecule has 0 fully saturated rings. The van der Waals surface area contributed by atoms with Crippen LogP contribution in [0, 0.1) is 13.8 Å². The first-order chi connectivity index (χ1) is 13.9. The Bertz CT molecular complexity index is 984. The van der Waals surface area contributed by atoms with E-state index in [1.165, 1.54) is 24.3 Å². The molecule has 2 aromatic carbocycles. The Kier molecular flexibility index (Phi) is 8.25. The molecule has 0 unspecified atom stereocenters. The molecule has 5 nitrogen and oxygen atoms in total. The van der Waals surface area contributed by atoms with Crippen LogP contribution in [0.2, 0.25) is 5.02 Å². The summed E-state index contributed by atoms with van der Waals surface area (Å²) < 4.78 is 27.9. The number of benzene rings is 2. The van der Waals surface area contributed by atoms with E-state index in [9.17, 15) is 13.2 Å². The number of carbonyl (C=O) groups excluding carboxylic acids is 1. The third kappa shape index (κ3) is 6.93. The van der Waals surface area contributed by atoms with E-state index in [0.717, 1.165) is 21.2 Å². The van der Waals surface area contributed by atoms with Gasteiger partial charge in [0, 0.05) is 22.1 Å². The smallest absolute Gasteiger partial charge is 0.264 e. The lowest BCUT2D eigenvalue weighted by molar-refractivity contribution is -0.119. The predicted octanol–water partition coefficient (Wildman–Crippen LogP) is 4.80. The van der Waals surface area contributed by atoms with Crippen LogP contribution in [-0.2, 0) is 14.8 Å². The number of thioether (sulfide) groups is 1. The fourth-order valence-corrected chi connectivity index (χ4v) is 5.02. The second-order valence-corrected chi connectivity index (χ2v) is 12.3. The molecule has 0 atom stereocenters. The summed E-state index contributed by atoms with van der Waals surface area (Å²) in [6.07, 6.45) is 0. The molecule has 2 rings (SSSR count). The lowest BCUT2D eigenvalue weighted by Crippen LogP contribution is -2.41. The summed E-state index contributed by atoms with van der Waals surface area (Å²) in [5, 5.41) is 3.27. The molecule has 2 aromatic rings. The average molecular weight is 469 g/mol. The molecule has 30 heavy (non-hydrogen) atoms. The summed E-state index contributed by atoms with van der Waals surface area (Å²) in [5.74, 6) is 0.406. The van der Waals surface area contributed by atoms with Crippen LogP contribution >= 0.6 is 23.4 Å². The van der Waals surface area contributed by atoms with Crippen LogP contribution in [0.1, 0.15) is 31.9 Å². The number of amides is 1. The number of hydrogen-bond donors (Lipinski definition) is 1. The SMILES string of the molecule is Cc1ccc(N(CC(=O)NCCSC(C)(C)C)S(=O)(=O)c2ccc(Cl)cc2)cc1C. The Hall–Kier alpha value is -1.70. The minimum atomic E-state index is -3.94. The van der Waals surface area contributed by atoms with Crippen molar-refractivity contribution >= 4 is 45.0 Å². The minimum Gasteiger partial charge on any atom is -0.354 e. The predicted molar refractivity (Wildman–Crippen MR) is 127 cm³/mol. The third-order valence-electron chi connectivity index (χ3n) is 4.43. The Labute approximate surface area is 189 Å². The molecular weight excluding hydrogens is 440 g/mol. The maximum absolute atomic E-state index is 13.3. The van der Waals surface area contributed by atoms with Crippen molar-refractivity contribution in [1.82, 2.24) is 5.32 Å². The van der Waals surface area contributed by atoms with Crippen molar-refractivity contribution in [1.29, 1.82) is 0 Å². The van der Waals surface area contributed by atoms with Crippen molar-refractivity contribution in [3.8, 4) is 0 Å². The van der Waals surface area contributed by atoms with Gasteiger partial charge in [-0.1, -0.05) is 38.4 Å². The molecule has 0 radical (unpaired) electrons. The number of anilines is 1. The van der Waals surface area contributed by atoms with E-state index >= 15 is 0 Å². The molecule has 0 aliphatic heterocycles. The van der Waals surface area contributed by atoms with Crippen LogP contribution in [-0.4, -0.2) is 37.9 Å². The first kappa shape index (κ1) is 24.6. The van der Waals surface area contributed by atoms with Crippen LogP contribution < -0.4 is 9.62 Å². The molecule has 0 bridgehead atoms. The van der Waals surface area contributed by atoms with E-state index < -0.39 is 10.0 Å². The van der Waals surface area contributed by atoms with Crippen molar-refractivity contribution in [3.63, 3.8) is 0 Å². The summed E-state index contributed by atoms with van der Waals surface area (Å²) in [4.78, 5) is 12.7. The molecule has 0 aromatic heterocycles. The number of carbonyl (C=O) groups is 1. The summed E-state index contributed by atoms with van der Waals surface area (Å²) >= 11 is 7.65. The number of nitrogens with zero attached hydrogens (tertiary/aromatic N) is 1. The van der Waals surface area contributed by atoms with Crippen LogP contribution in [0.4, 0.5) is 5.69 Å². The van der Waals surface area contributed by atoms with Crippen LogP contribution in [0.5, 0.6) is 0 Å². The molecule has 164 valence electrons. The van der Waals surface area contributed by atoms with E-state index in [1.807, 2.05) is 19.9 Å². The molecule has 0 saturated heterocycles. The highest BCUT2D eigenvalue weighted by atomic mass is 35.5. The first-order valence-corrected chi connectivity index (χ1v) is 12.5. The molecule has 0 saturated carbocycles. The Balaban J connectivity index is 2.26. The average Bonchev–Trinajstić information content (AvgIpc) is 2.65. The maximum Gasteiger partial charge on any atom is 0.264 e. The van der Waals surface area contributed by atoms with Crippen molar-refractivity contribution in [2.75, 3.05) is 23.1 Å². The standard InChI is InChI=1S/C22H29ClN2O3S2/c1-16-6-9-19(14-17(16)2)25(15-21(26)24-12-13-29-22(3,4)5)30(27,28)20-10-7-18(23)8-11-20/h6-11,14H,12-13,15H2,1-5H3,(H,24,26). The van der Waals surface area contributed by atoms with Crippen molar-refractivity contribution in [2.45, 2.75) is 44.3 Å². The van der Waals surface area contributed by atoms with E-state index in [-0.39, 0.29) is 22.1 Å². The molecular formula is C22H29ClN2O3S2. The zero-order valence-electron chi connectivity index (χ0n) is 18.0. The first-order valence-electron chi connectivity index (χ1n) is 9.66. The molecule has 0 spiro atoms. The van der Waals surface area contributed by atoms with Gasteiger partial charge in [0.2, 0.25) is 5.91 Å². The van der Waals surface area contributed by atoms with E-state index in [0.29, 0.717) is 17.3 Å². The Morgan fingerprint density at radius 3 is 2.27 bits per heavy atom. The number of rotatable bonds is 8. The van der Waals surface area contributed by atoms with Crippen molar-refractivity contribution in [3.05, 3.63) is 58.6 Å². The Morgan fingerprint density at radius 1 is 1.07 bits per heavy atom. The summed E-state index contributed by atoms with van der Waals surface area (Å²) in [7, 11) is -3.94. The highest BCUT2D eigenvalue weighted by Gasteiger charge is 2.27. The normalized spacial score (nSPS) is 11.9. The second-order valence-electron chi connectivity index (χ2n) is 8.04. The fourth-order valence-electron chi connectivity index (χ4n) is 2.66. The quantitative estimate of drug-likeness (QED) is 0.565. The zero-order chi connectivity index (χ0) is 22.5. The monoisotopic (exact) mass is 468 g/mol. The van der Waals surface area contributed by atoms with E-state index in [4.69, 9.17) is 11.6 Å². The second kappa shape index (κ2) is 10.1. The van der Waals surface area contributed by atoms with Gasteiger partial charge in [-0.25, -0.2) is 8.42 Å². The van der Waals surface area contributed by atoms with Gasteiger partial charge in [-0.05, 0) is 61.4 Å². The number of nitrogens with one attached hydrogen (secondary N) is 1. The van der Waals surface area contributed by atoms with Gasteiger partial charge in [0.25, 0.3) is 10.0 Å². The van der Waals surface area contributed by atoms with Gasteiger partial charge in [0.15, 0.2) is 0 Å². The fraction of sp³-hybridized carbons (Fsp3) is 0.409.